The minimum atomic E-state index is -1.41. The zero-order chi connectivity index (χ0) is 15.7. The molecule has 0 aromatic heterocycles. The molecule has 0 bridgehead atoms. The van der Waals surface area contributed by atoms with Gasteiger partial charge in [0.05, 0.1) is 4.92 Å². The Labute approximate surface area is 119 Å². The number of nitro groups is 1. The fourth-order valence-corrected chi connectivity index (χ4v) is 1.63. The molecule has 20 heavy (non-hydrogen) atoms. The molecule has 0 aliphatic heterocycles. The smallest absolute Gasteiger partial charge is 0.329 e. The zero-order valence-corrected chi connectivity index (χ0v) is 11.8. The second-order valence-electron chi connectivity index (χ2n) is 4.65. The number of aliphatic carboxylic acids is 1. The topological polar surface area (TPSA) is 101 Å². The predicted molar refractivity (Wildman–Crippen MR) is 71.9 cm³/mol. The molecule has 0 saturated carbocycles. The van der Waals surface area contributed by atoms with Gasteiger partial charge < -0.3 is 10.0 Å². The van der Waals surface area contributed by atoms with Crippen LogP contribution in [0.5, 0.6) is 0 Å². The number of nitro benzene ring substituents is 1. The third kappa shape index (κ3) is 2.88. The molecule has 0 aliphatic carbocycles. The molecule has 0 radical (unpaired) electrons. The van der Waals surface area contributed by atoms with Crippen molar-refractivity contribution in [3.63, 3.8) is 0 Å². The van der Waals surface area contributed by atoms with Gasteiger partial charge in [0.1, 0.15) is 10.6 Å². The molecule has 0 heterocycles. The highest BCUT2D eigenvalue weighted by Crippen LogP contribution is 2.26. The van der Waals surface area contributed by atoms with E-state index in [9.17, 15) is 19.7 Å². The van der Waals surface area contributed by atoms with Gasteiger partial charge in [0.15, 0.2) is 0 Å². The number of carboxylic acid groups (broad SMARTS) is 1. The van der Waals surface area contributed by atoms with Crippen molar-refractivity contribution < 1.29 is 19.6 Å². The summed E-state index contributed by atoms with van der Waals surface area (Å²) in [4.78, 5) is 34.3. The van der Waals surface area contributed by atoms with Crippen LogP contribution in [0.4, 0.5) is 5.69 Å². The summed E-state index contributed by atoms with van der Waals surface area (Å²) in [6, 6.07) is 3.49. The number of nitrogens with zero attached hydrogens (tertiary/aromatic N) is 2. The van der Waals surface area contributed by atoms with Crippen molar-refractivity contribution >= 4 is 29.2 Å². The Morgan fingerprint density at radius 1 is 1.40 bits per heavy atom. The van der Waals surface area contributed by atoms with Crippen LogP contribution in [0, 0.1) is 10.1 Å². The molecule has 0 fully saturated rings. The Kier molecular flexibility index (Phi) is 4.34. The number of likely N-dealkylation sites (N-methyl/N-ethyl adjacent to an activating group) is 1. The van der Waals surface area contributed by atoms with E-state index in [1.54, 1.807) is 0 Å². The van der Waals surface area contributed by atoms with E-state index < -0.39 is 22.3 Å². The van der Waals surface area contributed by atoms with E-state index in [4.69, 9.17) is 16.7 Å². The maximum atomic E-state index is 12.2. The first-order valence-electron chi connectivity index (χ1n) is 5.54. The van der Waals surface area contributed by atoms with Crippen LogP contribution in [0.25, 0.3) is 0 Å². The van der Waals surface area contributed by atoms with Crippen LogP contribution in [0.2, 0.25) is 5.02 Å². The summed E-state index contributed by atoms with van der Waals surface area (Å²) < 4.78 is 0. The molecule has 0 spiro atoms. The van der Waals surface area contributed by atoms with Gasteiger partial charge in [-0.2, -0.15) is 0 Å². The van der Waals surface area contributed by atoms with E-state index in [2.05, 4.69) is 0 Å². The van der Waals surface area contributed by atoms with Crippen LogP contribution in [0.1, 0.15) is 24.2 Å². The number of carbonyl (C=O) groups excluding carboxylic acids is 1. The van der Waals surface area contributed by atoms with E-state index in [1.165, 1.54) is 27.0 Å². The van der Waals surface area contributed by atoms with Crippen LogP contribution in [-0.4, -0.2) is 39.4 Å². The standard InChI is InChI=1S/C12H13ClN2O5/c1-12(2,11(17)18)14(3)10(16)7-4-5-9(15(19)20)8(13)6-7/h4-6H,1-3H3,(H,17,18). The Balaban J connectivity index is 3.14. The number of carbonyl (C=O) groups is 2. The lowest BCUT2D eigenvalue weighted by atomic mass is 10.0. The third-order valence-corrected chi connectivity index (χ3v) is 3.36. The fraction of sp³-hybridized carbons (Fsp3) is 0.333. The van der Waals surface area contributed by atoms with Crippen molar-refractivity contribution in [2.75, 3.05) is 7.05 Å². The first-order chi connectivity index (χ1) is 9.09. The monoisotopic (exact) mass is 300 g/mol. The molecule has 1 amide bonds. The van der Waals surface area contributed by atoms with Crippen molar-refractivity contribution in [2.24, 2.45) is 0 Å². The summed E-state index contributed by atoms with van der Waals surface area (Å²) in [5, 5.41) is 19.5. The van der Waals surface area contributed by atoms with Crippen LogP contribution in [0.15, 0.2) is 18.2 Å². The number of carboxylic acids is 1. The normalized spacial score (nSPS) is 11.0. The van der Waals surface area contributed by atoms with Gasteiger partial charge in [-0.05, 0) is 26.0 Å². The molecule has 1 N–H and O–H groups in total. The average molecular weight is 301 g/mol. The van der Waals surface area contributed by atoms with E-state index in [0.29, 0.717) is 0 Å². The second kappa shape index (κ2) is 5.46. The molecule has 8 heteroatoms. The van der Waals surface area contributed by atoms with Gasteiger partial charge in [0.2, 0.25) is 0 Å². The largest absolute Gasteiger partial charge is 0.480 e. The zero-order valence-electron chi connectivity index (χ0n) is 11.1. The minimum Gasteiger partial charge on any atom is -0.480 e. The van der Waals surface area contributed by atoms with Crippen LogP contribution in [0.3, 0.4) is 0 Å². The van der Waals surface area contributed by atoms with Crippen molar-refractivity contribution in [2.45, 2.75) is 19.4 Å². The molecular formula is C12H13ClN2O5. The molecule has 0 unspecified atom stereocenters. The quantitative estimate of drug-likeness (QED) is 0.678. The lowest BCUT2D eigenvalue weighted by Gasteiger charge is -2.31. The van der Waals surface area contributed by atoms with E-state index in [1.807, 2.05) is 0 Å². The van der Waals surface area contributed by atoms with Crippen molar-refractivity contribution in [1.29, 1.82) is 0 Å². The molecule has 0 saturated heterocycles. The SMILES string of the molecule is CN(C(=O)c1ccc([N+](=O)[O-])c(Cl)c1)C(C)(C)C(=O)O. The van der Waals surface area contributed by atoms with Crippen LogP contribution in [-0.2, 0) is 4.79 Å². The third-order valence-electron chi connectivity index (χ3n) is 3.06. The Morgan fingerprint density at radius 2 is 1.95 bits per heavy atom. The Hall–Kier alpha value is -2.15. The number of halogens is 1. The fourth-order valence-electron chi connectivity index (χ4n) is 1.38. The highest BCUT2D eigenvalue weighted by molar-refractivity contribution is 6.33. The van der Waals surface area contributed by atoms with Gasteiger partial charge in [-0.1, -0.05) is 11.6 Å². The number of rotatable bonds is 4. The van der Waals surface area contributed by atoms with Crippen molar-refractivity contribution in [3.8, 4) is 0 Å². The van der Waals surface area contributed by atoms with E-state index >= 15 is 0 Å². The molecular weight excluding hydrogens is 288 g/mol. The summed E-state index contributed by atoms with van der Waals surface area (Å²) in [5.74, 6) is -1.75. The maximum Gasteiger partial charge on any atom is 0.329 e. The van der Waals surface area contributed by atoms with Gasteiger partial charge in [0.25, 0.3) is 11.6 Å². The molecule has 108 valence electrons. The van der Waals surface area contributed by atoms with Gasteiger partial charge in [-0.3, -0.25) is 14.9 Å². The second-order valence-corrected chi connectivity index (χ2v) is 5.06. The molecule has 1 aromatic carbocycles. The number of amides is 1. The Bertz CT molecular complexity index is 585. The van der Waals surface area contributed by atoms with Gasteiger partial charge in [0, 0.05) is 18.7 Å². The van der Waals surface area contributed by atoms with E-state index in [-0.39, 0.29) is 16.3 Å². The first-order valence-corrected chi connectivity index (χ1v) is 5.92. The molecule has 7 nitrogen and oxygen atoms in total. The minimum absolute atomic E-state index is 0.0809. The molecule has 0 aliphatic rings. The highest BCUT2D eigenvalue weighted by atomic mass is 35.5. The van der Waals surface area contributed by atoms with Gasteiger partial charge >= 0.3 is 5.97 Å². The van der Waals surface area contributed by atoms with Gasteiger partial charge in [-0.25, -0.2) is 4.79 Å². The summed E-state index contributed by atoms with van der Waals surface area (Å²) in [5.41, 5.74) is -1.65. The lowest BCUT2D eigenvalue weighted by molar-refractivity contribution is -0.384. The van der Waals surface area contributed by atoms with E-state index in [0.717, 1.165) is 17.0 Å². The molecule has 1 rings (SSSR count). The average Bonchev–Trinajstić information content (AvgIpc) is 2.36. The Morgan fingerprint density at radius 3 is 2.35 bits per heavy atom. The summed E-state index contributed by atoms with van der Waals surface area (Å²) in [6.07, 6.45) is 0. The number of hydrogen-bond acceptors (Lipinski definition) is 4. The van der Waals surface area contributed by atoms with Crippen LogP contribution < -0.4 is 0 Å². The first kappa shape index (κ1) is 15.9. The van der Waals surface area contributed by atoms with Gasteiger partial charge in [-0.15, -0.1) is 0 Å². The summed E-state index contributed by atoms with van der Waals surface area (Å²) in [7, 11) is 1.34. The predicted octanol–water partition coefficient (Wildman–Crippen LogP) is 2.18. The molecule has 0 atom stereocenters. The van der Waals surface area contributed by atoms with Crippen LogP contribution >= 0.6 is 11.6 Å². The van der Waals surface area contributed by atoms with Crippen molar-refractivity contribution in [3.05, 3.63) is 38.9 Å². The maximum absolute atomic E-state index is 12.2. The van der Waals surface area contributed by atoms with Crippen molar-refractivity contribution in [1.82, 2.24) is 4.90 Å². The molecule has 1 aromatic rings. The highest BCUT2D eigenvalue weighted by Gasteiger charge is 2.35. The number of hydrogen-bond donors (Lipinski definition) is 1. The lowest BCUT2D eigenvalue weighted by Crippen LogP contribution is -2.50. The summed E-state index contributed by atoms with van der Waals surface area (Å²) >= 11 is 5.72. The number of benzene rings is 1. The summed E-state index contributed by atoms with van der Waals surface area (Å²) in [6.45, 7) is 2.75.